The number of ether oxygens (including phenoxy) is 1. The second-order valence-electron chi connectivity index (χ2n) is 6.48. The van der Waals surface area contributed by atoms with Crippen LogP contribution in [0.2, 0.25) is 0 Å². The highest BCUT2D eigenvalue weighted by atomic mass is 32.1. The molecule has 3 heterocycles. The molecule has 0 aliphatic rings. The zero-order valence-corrected chi connectivity index (χ0v) is 16.7. The van der Waals surface area contributed by atoms with Crippen molar-refractivity contribution in [2.75, 3.05) is 5.32 Å². The number of nitrogens with one attached hydrogen (secondary N) is 1. The summed E-state index contributed by atoms with van der Waals surface area (Å²) in [6.45, 7) is 2.54. The Morgan fingerprint density at radius 2 is 1.93 bits per heavy atom. The average molecular weight is 404 g/mol. The number of pyridine rings is 1. The molecule has 0 spiro atoms. The smallest absolute Gasteiger partial charge is 0.274 e. The fourth-order valence-electron chi connectivity index (χ4n) is 2.90. The summed E-state index contributed by atoms with van der Waals surface area (Å²) in [5.41, 5.74) is 2.43. The number of carbonyl (C=O) groups excluding carboxylic acids is 1. The first-order valence-electron chi connectivity index (χ1n) is 9.21. The number of anilines is 1. The van der Waals surface area contributed by atoms with E-state index in [9.17, 15) is 4.79 Å². The van der Waals surface area contributed by atoms with E-state index in [-0.39, 0.29) is 12.0 Å². The maximum absolute atomic E-state index is 12.7. The number of benzene rings is 1. The Kier molecular flexibility index (Phi) is 5.67. The highest BCUT2D eigenvalue weighted by Crippen LogP contribution is 2.25. The normalized spacial score (nSPS) is 11.8. The Balaban J connectivity index is 1.42. The Labute approximate surface area is 172 Å². The third kappa shape index (κ3) is 4.70. The third-order valence-corrected chi connectivity index (χ3v) is 5.16. The summed E-state index contributed by atoms with van der Waals surface area (Å²) in [6.07, 6.45) is 5.16. The molecular formula is C22H20N4O2S. The van der Waals surface area contributed by atoms with E-state index in [1.54, 1.807) is 18.5 Å². The van der Waals surface area contributed by atoms with Crippen LogP contribution in [0.15, 0.2) is 78.6 Å². The monoisotopic (exact) mass is 404 g/mol. The lowest BCUT2D eigenvalue weighted by atomic mass is 10.2. The van der Waals surface area contributed by atoms with Crippen LogP contribution in [0.5, 0.6) is 5.75 Å². The van der Waals surface area contributed by atoms with E-state index in [2.05, 4.69) is 15.3 Å². The number of nitrogens with zero attached hydrogens (tertiary/aromatic N) is 3. The quantitative estimate of drug-likeness (QED) is 0.481. The van der Waals surface area contributed by atoms with Crippen molar-refractivity contribution in [1.29, 1.82) is 0 Å². The van der Waals surface area contributed by atoms with Gasteiger partial charge in [-0.15, -0.1) is 11.3 Å². The van der Waals surface area contributed by atoms with Crippen molar-refractivity contribution in [2.24, 2.45) is 0 Å². The van der Waals surface area contributed by atoms with Crippen LogP contribution < -0.4 is 10.1 Å². The summed E-state index contributed by atoms with van der Waals surface area (Å²) < 4.78 is 7.80. The maximum Gasteiger partial charge on any atom is 0.274 e. The molecule has 1 N–H and O–H groups in total. The molecule has 4 rings (SSSR count). The summed E-state index contributed by atoms with van der Waals surface area (Å²) in [4.78, 5) is 21.3. The molecule has 6 nitrogen and oxygen atoms in total. The highest BCUT2D eigenvalue weighted by Gasteiger charge is 2.16. The molecule has 0 unspecified atom stereocenters. The molecule has 0 radical (unpaired) electrons. The molecule has 0 saturated heterocycles. The number of hydrogen-bond acceptors (Lipinski definition) is 5. The minimum absolute atomic E-state index is 0.193. The molecule has 0 bridgehead atoms. The highest BCUT2D eigenvalue weighted by molar-refractivity contribution is 7.14. The minimum Gasteiger partial charge on any atom is -0.484 e. The van der Waals surface area contributed by atoms with Crippen molar-refractivity contribution in [3.63, 3.8) is 0 Å². The molecule has 0 aliphatic heterocycles. The molecule has 0 fully saturated rings. The zero-order valence-electron chi connectivity index (χ0n) is 15.9. The van der Waals surface area contributed by atoms with Gasteiger partial charge in [-0.3, -0.25) is 15.1 Å². The van der Waals surface area contributed by atoms with Crippen LogP contribution in [0, 0.1) is 0 Å². The number of hydrogen-bond donors (Lipinski definition) is 1. The standard InChI is InChI=1S/C22H20N4O2S/c1-16(28-18-6-3-2-4-7-18)19-15-29-22(24-19)25-21(27)20-8-5-13-26(20)14-17-9-11-23-12-10-17/h2-13,15-16H,14H2,1H3,(H,24,25,27)/t16-/m1/s1. The summed E-state index contributed by atoms with van der Waals surface area (Å²) >= 11 is 1.38. The topological polar surface area (TPSA) is 69.0 Å². The van der Waals surface area contributed by atoms with E-state index >= 15 is 0 Å². The fraction of sp³-hybridized carbons (Fsp3) is 0.136. The number of para-hydroxylation sites is 1. The molecular weight excluding hydrogens is 384 g/mol. The van der Waals surface area contributed by atoms with Crippen LogP contribution >= 0.6 is 11.3 Å². The van der Waals surface area contributed by atoms with Crippen molar-refractivity contribution >= 4 is 22.4 Å². The Hall–Kier alpha value is -3.45. The Morgan fingerprint density at radius 3 is 2.72 bits per heavy atom. The number of thiazole rings is 1. The van der Waals surface area contributed by atoms with Crippen molar-refractivity contribution in [3.05, 3.63) is 95.5 Å². The summed E-state index contributed by atoms with van der Waals surface area (Å²) in [5, 5.41) is 5.34. The minimum atomic E-state index is -0.213. The van der Waals surface area contributed by atoms with Gasteiger partial charge in [-0.2, -0.15) is 0 Å². The fourth-order valence-corrected chi connectivity index (χ4v) is 3.68. The molecule has 0 aliphatic carbocycles. The largest absolute Gasteiger partial charge is 0.484 e. The summed E-state index contributed by atoms with van der Waals surface area (Å²) in [7, 11) is 0. The van der Waals surface area contributed by atoms with E-state index < -0.39 is 0 Å². The summed E-state index contributed by atoms with van der Waals surface area (Å²) in [6, 6.07) is 17.1. The molecule has 1 atom stereocenters. The SMILES string of the molecule is C[C@@H](Oc1ccccc1)c1csc(NC(=O)c2cccn2Cc2ccncc2)n1. The Bertz CT molecular complexity index is 1080. The van der Waals surface area contributed by atoms with Crippen LogP contribution in [-0.4, -0.2) is 20.4 Å². The predicted octanol–water partition coefficient (Wildman–Crippen LogP) is 4.78. The molecule has 1 amide bonds. The van der Waals surface area contributed by atoms with E-state index in [1.807, 2.05) is 71.6 Å². The second-order valence-corrected chi connectivity index (χ2v) is 7.34. The second kappa shape index (κ2) is 8.70. The van der Waals surface area contributed by atoms with Gasteiger partial charge in [0.25, 0.3) is 5.91 Å². The maximum atomic E-state index is 12.7. The number of aromatic nitrogens is 3. The first kappa shape index (κ1) is 18.9. The van der Waals surface area contributed by atoms with Crippen molar-refractivity contribution < 1.29 is 9.53 Å². The average Bonchev–Trinajstić information content (AvgIpc) is 3.39. The zero-order chi connectivity index (χ0) is 20.1. The lowest BCUT2D eigenvalue weighted by Gasteiger charge is -2.12. The van der Waals surface area contributed by atoms with Gasteiger partial charge in [0.1, 0.15) is 17.5 Å². The first-order chi connectivity index (χ1) is 14.2. The number of carbonyl (C=O) groups is 1. The molecule has 4 aromatic rings. The van der Waals surface area contributed by atoms with Gasteiger partial charge in [-0.1, -0.05) is 18.2 Å². The van der Waals surface area contributed by atoms with Gasteiger partial charge < -0.3 is 9.30 Å². The van der Waals surface area contributed by atoms with Crippen molar-refractivity contribution in [1.82, 2.24) is 14.5 Å². The molecule has 29 heavy (non-hydrogen) atoms. The van der Waals surface area contributed by atoms with Gasteiger partial charge in [-0.05, 0) is 48.9 Å². The molecule has 1 aromatic carbocycles. The van der Waals surface area contributed by atoms with Crippen LogP contribution in [0.1, 0.15) is 34.8 Å². The predicted molar refractivity (Wildman–Crippen MR) is 113 cm³/mol. The number of rotatable bonds is 7. The molecule has 0 saturated carbocycles. The van der Waals surface area contributed by atoms with E-state index in [0.717, 1.165) is 17.0 Å². The van der Waals surface area contributed by atoms with Gasteiger partial charge in [0, 0.05) is 30.5 Å². The van der Waals surface area contributed by atoms with Gasteiger partial charge in [-0.25, -0.2) is 4.98 Å². The van der Waals surface area contributed by atoms with Gasteiger partial charge in [0.2, 0.25) is 0 Å². The molecule has 7 heteroatoms. The van der Waals surface area contributed by atoms with Crippen molar-refractivity contribution in [2.45, 2.75) is 19.6 Å². The van der Waals surface area contributed by atoms with E-state index in [1.165, 1.54) is 11.3 Å². The van der Waals surface area contributed by atoms with Crippen LogP contribution in [-0.2, 0) is 6.54 Å². The van der Waals surface area contributed by atoms with E-state index in [4.69, 9.17) is 4.74 Å². The molecule has 146 valence electrons. The molecule has 3 aromatic heterocycles. The first-order valence-corrected chi connectivity index (χ1v) is 10.1. The van der Waals surface area contributed by atoms with Crippen LogP contribution in [0.25, 0.3) is 0 Å². The number of amides is 1. The van der Waals surface area contributed by atoms with Gasteiger partial charge in [0.05, 0.1) is 5.69 Å². The van der Waals surface area contributed by atoms with Crippen LogP contribution in [0.3, 0.4) is 0 Å². The van der Waals surface area contributed by atoms with Crippen molar-refractivity contribution in [3.8, 4) is 5.75 Å². The van der Waals surface area contributed by atoms with Gasteiger partial charge >= 0.3 is 0 Å². The van der Waals surface area contributed by atoms with E-state index in [0.29, 0.717) is 17.4 Å². The Morgan fingerprint density at radius 1 is 1.14 bits per heavy atom. The van der Waals surface area contributed by atoms with Gasteiger partial charge in [0.15, 0.2) is 5.13 Å². The lowest BCUT2D eigenvalue weighted by Crippen LogP contribution is -2.17. The third-order valence-electron chi connectivity index (χ3n) is 4.38. The van der Waals surface area contributed by atoms with Crippen LogP contribution in [0.4, 0.5) is 5.13 Å². The lowest BCUT2D eigenvalue weighted by molar-refractivity contribution is 0.101. The summed E-state index contributed by atoms with van der Waals surface area (Å²) in [5.74, 6) is 0.592.